The predicted molar refractivity (Wildman–Crippen MR) is 83.4 cm³/mol. The maximum Gasteiger partial charge on any atom is 0.0839 e. The van der Waals surface area contributed by atoms with Crippen LogP contribution in [0.15, 0.2) is 53.0 Å². The van der Waals surface area contributed by atoms with Crippen molar-refractivity contribution in [1.29, 1.82) is 0 Å². The minimum Gasteiger partial charge on any atom is -0.394 e. The smallest absolute Gasteiger partial charge is 0.0839 e. The van der Waals surface area contributed by atoms with E-state index in [2.05, 4.69) is 40.3 Å². The molecular formula is C16H18BrNO. The number of aryl methyl sites for hydroxylation is 1. The fraction of sp³-hybridized carbons (Fsp3) is 0.250. The fourth-order valence-electron chi connectivity index (χ4n) is 2.14. The largest absolute Gasteiger partial charge is 0.394 e. The summed E-state index contributed by atoms with van der Waals surface area (Å²) in [4.78, 5) is 0. The van der Waals surface area contributed by atoms with E-state index in [9.17, 15) is 5.11 Å². The van der Waals surface area contributed by atoms with Crippen molar-refractivity contribution in [1.82, 2.24) is 0 Å². The van der Waals surface area contributed by atoms with Crippen LogP contribution in [0.4, 0.5) is 5.69 Å². The molecule has 0 saturated heterocycles. The summed E-state index contributed by atoms with van der Waals surface area (Å²) >= 11 is 3.55. The molecule has 0 aliphatic heterocycles. The maximum atomic E-state index is 9.81. The summed E-state index contributed by atoms with van der Waals surface area (Å²) in [5.74, 6) is 0. The third kappa shape index (κ3) is 3.17. The van der Waals surface area contributed by atoms with Crippen LogP contribution >= 0.6 is 15.9 Å². The molecule has 2 rings (SSSR count). The summed E-state index contributed by atoms with van der Waals surface area (Å²) in [6.07, 6.45) is 0. The van der Waals surface area contributed by atoms with Gasteiger partial charge in [0.25, 0.3) is 0 Å². The van der Waals surface area contributed by atoms with E-state index in [1.54, 1.807) is 0 Å². The third-order valence-electron chi connectivity index (χ3n) is 3.22. The second-order valence-electron chi connectivity index (χ2n) is 4.96. The van der Waals surface area contributed by atoms with Gasteiger partial charge < -0.3 is 10.4 Å². The van der Waals surface area contributed by atoms with Crippen LogP contribution in [0.1, 0.15) is 18.1 Å². The lowest BCUT2D eigenvalue weighted by Gasteiger charge is -2.31. The molecule has 0 aliphatic carbocycles. The van der Waals surface area contributed by atoms with E-state index in [1.165, 1.54) is 5.56 Å². The zero-order valence-corrected chi connectivity index (χ0v) is 12.7. The predicted octanol–water partition coefficient (Wildman–Crippen LogP) is 4.08. The Morgan fingerprint density at radius 1 is 1.16 bits per heavy atom. The summed E-state index contributed by atoms with van der Waals surface area (Å²) < 4.78 is 0.992. The molecule has 0 saturated carbocycles. The van der Waals surface area contributed by atoms with Gasteiger partial charge in [-0.05, 0) is 43.2 Å². The summed E-state index contributed by atoms with van der Waals surface area (Å²) in [6, 6.07) is 16.1. The number of rotatable bonds is 4. The summed E-state index contributed by atoms with van der Waals surface area (Å²) in [5.41, 5.74) is 2.72. The highest BCUT2D eigenvalue weighted by molar-refractivity contribution is 9.10. The molecule has 19 heavy (non-hydrogen) atoms. The van der Waals surface area contributed by atoms with Crippen LogP contribution in [-0.2, 0) is 5.54 Å². The summed E-state index contributed by atoms with van der Waals surface area (Å²) in [5, 5.41) is 13.2. The molecule has 1 atom stereocenters. The standard InChI is InChI=1S/C16H18BrNO/c1-12-6-5-7-13(10-12)18-16(2,11-19)14-8-3-4-9-15(14)17/h3-10,18-19H,11H2,1-2H3. The van der Waals surface area contributed by atoms with Crippen molar-refractivity contribution in [3.8, 4) is 0 Å². The van der Waals surface area contributed by atoms with Crippen molar-refractivity contribution >= 4 is 21.6 Å². The van der Waals surface area contributed by atoms with E-state index in [0.717, 1.165) is 15.7 Å². The lowest BCUT2D eigenvalue weighted by molar-refractivity contribution is 0.223. The van der Waals surface area contributed by atoms with Gasteiger partial charge in [0.15, 0.2) is 0 Å². The first-order valence-electron chi connectivity index (χ1n) is 6.26. The normalized spacial score (nSPS) is 13.9. The van der Waals surface area contributed by atoms with Crippen molar-refractivity contribution in [3.63, 3.8) is 0 Å². The molecule has 0 bridgehead atoms. The van der Waals surface area contributed by atoms with Gasteiger partial charge in [-0.25, -0.2) is 0 Å². The Hall–Kier alpha value is -1.32. The zero-order valence-electron chi connectivity index (χ0n) is 11.2. The average Bonchev–Trinajstić information content (AvgIpc) is 2.39. The van der Waals surface area contributed by atoms with Crippen LogP contribution in [0.3, 0.4) is 0 Å². The molecule has 0 aliphatic rings. The number of anilines is 1. The van der Waals surface area contributed by atoms with Crippen LogP contribution in [0.2, 0.25) is 0 Å². The van der Waals surface area contributed by atoms with Crippen molar-refractivity contribution < 1.29 is 5.11 Å². The number of hydrogen-bond acceptors (Lipinski definition) is 2. The molecule has 0 spiro atoms. The Morgan fingerprint density at radius 3 is 2.53 bits per heavy atom. The molecule has 0 radical (unpaired) electrons. The van der Waals surface area contributed by atoms with E-state index >= 15 is 0 Å². The van der Waals surface area contributed by atoms with Crippen molar-refractivity contribution in [2.24, 2.45) is 0 Å². The van der Waals surface area contributed by atoms with Gasteiger partial charge in [0, 0.05) is 10.2 Å². The van der Waals surface area contributed by atoms with Gasteiger partial charge in [0.1, 0.15) is 0 Å². The second kappa shape index (κ2) is 5.76. The Kier molecular flexibility index (Phi) is 4.27. The first-order valence-corrected chi connectivity index (χ1v) is 7.05. The Morgan fingerprint density at radius 2 is 1.89 bits per heavy atom. The highest BCUT2D eigenvalue weighted by Gasteiger charge is 2.27. The number of hydrogen-bond donors (Lipinski definition) is 2. The second-order valence-corrected chi connectivity index (χ2v) is 5.82. The molecule has 3 heteroatoms. The highest BCUT2D eigenvalue weighted by Crippen LogP contribution is 2.31. The molecule has 2 aromatic carbocycles. The minimum atomic E-state index is -0.520. The minimum absolute atomic E-state index is 0.0174. The van der Waals surface area contributed by atoms with Crippen molar-refractivity contribution in [3.05, 3.63) is 64.1 Å². The van der Waals surface area contributed by atoms with Crippen molar-refractivity contribution in [2.45, 2.75) is 19.4 Å². The van der Waals surface area contributed by atoms with E-state index < -0.39 is 5.54 Å². The van der Waals surface area contributed by atoms with Crippen molar-refractivity contribution in [2.75, 3.05) is 11.9 Å². The molecule has 0 fully saturated rings. The van der Waals surface area contributed by atoms with Crippen LogP contribution in [0, 0.1) is 6.92 Å². The van der Waals surface area contributed by atoms with Gasteiger partial charge in [-0.2, -0.15) is 0 Å². The van der Waals surface area contributed by atoms with Gasteiger partial charge in [-0.3, -0.25) is 0 Å². The van der Waals surface area contributed by atoms with Crippen LogP contribution in [0.5, 0.6) is 0 Å². The molecule has 0 amide bonds. The monoisotopic (exact) mass is 319 g/mol. The summed E-state index contributed by atoms with van der Waals surface area (Å²) in [7, 11) is 0. The van der Waals surface area contributed by atoms with Crippen LogP contribution in [-0.4, -0.2) is 11.7 Å². The quantitative estimate of drug-likeness (QED) is 0.890. The number of nitrogens with one attached hydrogen (secondary N) is 1. The third-order valence-corrected chi connectivity index (χ3v) is 3.91. The molecule has 0 aromatic heterocycles. The SMILES string of the molecule is Cc1cccc(NC(C)(CO)c2ccccc2Br)c1. The number of benzene rings is 2. The lowest BCUT2D eigenvalue weighted by atomic mass is 9.92. The fourth-order valence-corrected chi connectivity index (χ4v) is 2.86. The molecule has 1 unspecified atom stereocenters. The van der Waals surface area contributed by atoms with E-state index in [1.807, 2.05) is 43.3 Å². The Bertz CT molecular complexity index is 570. The molecule has 2 nitrogen and oxygen atoms in total. The van der Waals surface area contributed by atoms with E-state index in [0.29, 0.717) is 0 Å². The highest BCUT2D eigenvalue weighted by atomic mass is 79.9. The lowest BCUT2D eigenvalue weighted by Crippen LogP contribution is -2.36. The summed E-state index contributed by atoms with van der Waals surface area (Å²) in [6.45, 7) is 4.07. The topological polar surface area (TPSA) is 32.3 Å². The van der Waals surface area contributed by atoms with Gasteiger partial charge in [-0.15, -0.1) is 0 Å². The Balaban J connectivity index is 2.36. The zero-order chi connectivity index (χ0) is 13.9. The molecule has 100 valence electrons. The van der Waals surface area contributed by atoms with Gasteiger partial charge in [-0.1, -0.05) is 46.3 Å². The maximum absolute atomic E-state index is 9.81. The van der Waals surface area contributed by atoms with E-state index in [-0.39, 0.29) is 6.61 Å². The van der Waals surface area contributed by atoms with E-state index in [4.69, 9.17) is 0 Å². The number of halogens is 1. The molecule has 2 N–H and O–H groups in total. The van der Waals surface area contributed by atoms with Gasteiger partial charge in [0.2, 0.25) is 0 Å². The molecular weight excluding hydrogens is 302 g/mol. The number of aliphatic hydroxyl groups is 1. The van der Waals surface area contributed by atoms with Crippen LogP contribution < -0.4 is 5.32 Å². The first-order chi connectivity index (χ1) is 9.05. The number of aliphatic hydroxyl groups excluding tert-OH is 1. The van der Waals surface area contributed by atoms with Gasteiger partial charge in [0.05, 0.1) is 12.1 Å². The molecule has 0 heterocycles. The van der Waals surface area contributed by atoms with Gasteiger partial charge >= 0.3 is 0 Å². The first kappa shape index (κ1) is 14.1. The molecule has 2 aromatic rings. The Labute approximate surface area is 122 Å². The van der Waals surface area contributed by atoms with Crippen LogP contribution in [0.25, 0.3) is 0 Å². The average molecular weight is 320 g/mol.